The van der Waals surface area contributed by atoms with Gasteiger partial charge in [-0.25, -0.2) is 0 Å². The van der Waals surface area contributed by atoms with Crippen molar-refractivity contribution in [3.63, 3.8) is 0 Å². The first-order valence-electron chi connectivity index (χ1n) is 5.36. The fraction of sp³-hybridized carbons (Fsp3) is 0.286. The highest BCUT2D eigenvalue weighted by atomic mass is 14.7. The van der Waals surface area contributed by atoms with Gasteiger partial charge in [-0.1, -0.05) is 54.6 Å². The molecule has 1 aromatic carbocycles. The number of hydrogen-bond donors (Lipinski definition) is 0. The van der Waals surface area contributed by atoms with Crippen molar-refractivity contribution < 1.29 is 0 Å². The third kappa shape index (κ3) is 0.608. The van der Waals surface area contributed by atoms with Gasteiger partial charge in [0, 0.05) is 5.41 Å². The van der Waals surface area contributed by atoms with Gasteiger partial charge in [0.15, 0.2) is 0 Å². The van der Waals surface area contributed by atoms with E-state index in [4.69, 9.17) is 0 Å². The Hall–Kier alpha value is -1.30. The second-order valence-electron chi connectivity index (χ2n) is 4.70. The van der Waals surface area contributed by atoms with Crippen LogP contribution in [0.1, 0.15) is 5.56 Å². The summed E-state index contributed by atoms with van der Waals surface area (Å²) in [4.78, 5) is 0. The maximum atomic E-state index is 2.42. The number of fused-ring (bicyclic) bond motifs is 1. The Morgan fingerprint density at radius 2 is 1.50 bits per heavy atom. The van der Waals surface area contributed by atoms with Gasteiger partial charge in [-0.3, -0.25) is 0 Å². The molecule has 1 fully saturated rings. The zero-order valence-electron chi connectivity index (χ0n) is 7.93. The van der Waals surface area contributed by atoms with Crippen molar-refractivity contribution >= 4 is 0 Å². The molecule has 1 aromatic rings. The first-order chi connectivity index (χ1) is 6.92. The Bertz CT molecular complexity index is 418. The van der Waals surface area contributed by atoms with E-state index in [0.717, 1.165) is 17.8 Å². The summed E-state index contributed by atoms with van der Waals surface area (Å²) in [5, 5.41) is 0. The maximum absolute atomic E-state index is 2.42. The van der Waals surface area contributed by atoms with Crippen LogP contribution in [0, 0.1) is 17.8 Å². The Kier molecular flexibility index (Phi) is 1.02. The highest BCUT2D eigenvalue weighted by Crippen LogP contribution is 2.68. The lowest BCUT2D eigenvalue weighted by Gasteiger charge is -2.23. The number of allylic oxidation sites excluding steroid dienone is 4. The molecule has 0 aromatic heterocycles. The van der Waals surface area contributed by atoms with E-state index in [2.05, 4.69) is 54.6 Å². The normalized spacial score (nSPS) is 45.6. The summed E-state index contributed by atoms with van der Waals surface area (Å²) >= 11 is 0. The molecule has 0 heterocycles. The molecule has 0 nitrogen and oxygen atoms in total. The standard InChI is InChI=1S/C14H12/c1-2-4-10(5-3-1)14-8-6-11-12(7-9-14)13(11)14/h1-9,11-13H. The third-order valence-electron chi connectivity index (χ3n) is 4.15. The Morgan fingerprint density at radius 1 is 0.857 bits per heavy atom. The Labute approximate surface area is 84.0 Å². The molecule has 2 atom stereocenters. The first kappa shape index (κ1) is 7.05. The molecule has 0 bridgehead atoms. The van der Waals surface area contributed by atoms with E-state index < -0.39 is 0 Å². The van der Waals surface area contributed by atoms with E-state index in [1.54, 1.807) is 0 Å². The van der Waals surface area contributed by atoms with E-state index in [1.807, 2.05) is 0 Å². The van der Waals surface area contributed by atoms with Crippen LogP contribution in [0.4, 0.5) is 0 Å². The quantitative estimate of drug-likeness (QED) is 0.583. The predicted octanol–water partition coefficient (Wildman–Crippen LogP) is 2.93. The van der Waals surface area contributed by atoms with Crippen LogP contribution in [0.15, 0.2) is 54.6 Å². The van der Waals surface area contributed by atoms with E-state index in [0.29, 0.717) is 0 Å². The Balaban J connectivity index is 1.92. The minimum Gasteiger partial charge on any atom is -0.0833 e. The maximum Gasteiger partial charge on any atom is 0.0352 e. The second kappa shape index (κ2) is 2.03. The topological polar surface area (TPSA) is 0 Å². The molecular weight excluding hydrogens is 168 g/mol. The van der Waals surface area contributed by atoms with Crippen LogP contribution in [0.3, 0.4) is 0 Å². The van der Waals surface area contributed by atoms with Crippen LogP contribution in [0.25, 0.3) is 0 Å². The molecule has 0 amide bonds. The molecule has 0 saturated heterocycles. The Morgan fingerprint density at radius 3 is 2.14 bits per heavy atom. The van der Waals surface area contributed by atoms with E-state index in [-0.39, 0.29) is 5.41 Å². The van der Waals surface area contributed by atoms with Gasteiger partial charge in [-0.05, 0) is 23.3 Å². The largest absolute Gasteiger partial charge is 0.0833 e. The first-order valence-corrected chi connectivity index (χ1v) is 5.36. The molecule has 0 N–H and O–H groups in total. The van der Waals surface area contributed by atoms with E-state index in [9.17, 15) is 0 Å². The number of hydrogen-bond acceptors (Lipinski definition) is 0. The summed E-state index contributed by atoms with van der Waals surface area (Å²) in [5.41, 5.74) is 1.75. The molecule has 0 aliphatic heterocycles. The van der Waals surface area contributed by atoms with Crippen LogP contribution < -0.4 is 0 Å². The SMILES string of the molecule is C1=CC2(c3ccccc3)C=CC3C1C32. The van der Waals surface area contributed by atoms with Crippen molar-refractivity contribution in [3.8, 4) is 0 Å². The molecule has 1 saturated carbocycles. The molecular formula is C14H12. The smallest absolute Gasteiger partial charge is 0.0352 e. The molecule has 0 radical (unpaired) electrons. The zero-order valence-corrected chi connectivity index (χ0v) is 7.93. The summed E-state index contributed by atoms with van der Waals surface area (Å²) in [7, 11) is 0. The predicted molar refractivity (Wildman–Crippen MR) is 56.9 cm³/mol. The molecule has 14 heavy (non-hydrogen) atoms. The van der Waals surface area contributed by atoms with Crippen LogP contribution >= 0.6 is 0 Å². The van der Waals surface area contributed by atoms with Crippen molar-refractivity contribution in [1.29, 1.82) is 0 Å². The summed E-state index contributed by atoms with van der Waals surface area (Å²) in [6.07, 6.45) is 9.67. The lowest BCUT2D eigenvalue weighted by Crippen LogP contribution is -2.20. The van der Waals surface area contributed by atoms with Crippen molar-refractivity contribution in [2.75, 3.05) is 0 Å². The molecule has 3 aliphatic carbocycles. The van der Waals surface area contributed by atoms with Gasteiger partial charge in [0.25, 0.3) is 0 Å². The van der Waals surface area contributed by atoms with Gasteiger partial charge in [-0.15, -0.1) is 0 Å². The molecule has 3 aliphatic rings. The van der Waals surface area contributed by atoms with Gasteiger partial charge < -0.3 is 0 Å². The molecule has 0 heteroatoms. The van der Waals surface area contributed by atoms with E-state index >= 15 is 0 Å². The zero-order chi connectivity index (χ0) is 9.17. The summed E-state index contributed by atoms with van der Waals surface area (Å²) in [6.45, 7) is 0. The van der Waals surface area contributed by atoms with Gasteiger partial charge in [0.05, 0.1) is 0 Å². The molecule has 0 spiro atoms. The third-order valence-corrected chi connectivity index (χ3v) is 4.15. The van der Waals surface area contributed by atoms with Crippen LogP contribution in [0.2, 0.25) is 0 Å². The van der Waals surface area contributed by atoms with E-state index in [1.165, 1.54) is 5.56 Å². The minimum atomic E-state index is 0.274. The summed E-state index contributed by atoms with van der Waals surface area (Å²) in [6, 6.07) is 10.9. The van der Waals surface area contributed by atoms with Gasteiger partial charge in [0.2, 0.25) is 0 Å². The fourth-order valence-electron chi connectivity index (χ4n) is 3.42. The van der Waals surface area contributed by atoms with Gasteiger partial charge >= 0.3 is 0 Å². The second-order valence-corrected chi connectivity index (χ2v) is 4.70. The van der Waals surface area contributed by atoms with Crippen molar-refractivity contribution in [1.82, 2.24) is 0 Å². The fourth-order valence-corrected chi connectivity index (χ4v) is 3.42. The van der Waals surface area contributed by atoms with Crippen LogP contribution in [0.5, 0.6) is 0 Å². The van der Waals surface area contributed by atoms with Crippen molar-refractivity contribution in [3.05, 3.63) is 60.2 Å². The molecule has 2 unspecified atom stereocenters. The van der Waals surface area contributed by atoms with Crippen LogP contribution in [-0.2, 0) is 5.41 Å². The van der Waals surface area contributed by atoms with Gasteiger partial charge in [-0.2, -0.15) is 0 Å². The lowest BCUT2D eigenvalue weighted by atomic mass is 9.79. The van der Waals surface area contributed by atoms with Gasteiger partial charge in [0.1, 0.15) is 0 Å². The molecule has 68 valence electrons. The number of rotatable bonds is 1. The minimum absolute atomic E-state index is 0.274. The summed E-state index contributed by atoms with van der Waals surface area (Å²) < 4.78 is 0. The average molecular weight is 180 g/mol. The molecule has 4 rings (SSSR count). The summed E-state index contributed by atoms with van der Waals surface area (Å²) in [5.74, 6) is 2.59. The number of benzene rings is 1. The van der Waals surface area contributed by atoms with Crippen molar-refractivity contribution in [2.45, 2.75) is 5.41 Å². The highest BCUT2D eigenvalue weighted by Gasteiger charge is 2.64. The van der Waals surface area contributed by atoms with Crippen LogP contribution in [-0.4, -0.2) is 0 Å². The van der Waals surface area contributed by atoms with Crippen molar-refractivity contribution in [2.24, 2.45) is 17.8 Å². The average Bonchev–Trinajstić information content (AvgIpc) is 2.70. The highest BCUT2D eigenvalue weighted by molar-refractivity contribution is 5.52. The monoisotopic (exact) mass is 180 g/mol. The lowest BCUT2D eigenvalue weighted by molar-refractivity contribution is 0.591.